The van der Waals surface area contributed by atoms with E-state index in [9.17, 15) is 0 Å². The van der Waals surface area contributed by atoms with E-state index in [1.807, 2.05) is 18.2 Å². The minimum atomic E-state index is 0.275. The molecule has 0 aliphatic rings. The molecule has 132 valence electrons. The lowest BCUT2D eigenvalue weighted by Gasteiger charge is -2.17. The molecule has 0 fully saturated rings. The van der Waals surface area contributed by atoms with E-state index in [-0.39, 0.29) is 11.2 Å². The van der Waals surface area contributed by atoms with Gasteiger partial charge in [-0.25, -0.2) is 0 Å². The number of thioether (sulfide) groups is 1. The molecule has 2 atom stereocenters. The van der Waals surface area contributed by atoms with Crippen LogP contribution in [0.1, 0.15) is 36.2 Å². The fourth-order valence-corrected chi connectivity index (χ4v) is 4.35. The molecule has 3 heterocycles. The normalized spacial score (nSPS) is 13.8. The molecule has 0 aliphatic heterocycles. The van der Waals surface area contributed by atoms with Crippen LogP contribution in [0.4, 0.5) is 0 Å². The summed E-state index contributed by atoms with van der Waals surface area (Å²) in [6.45, 7) is 4.37. The molecule has 6 heteroatoms. The van der Waals surface area contributed by atoms with Gasteiger partial charge in [0.1, 0.15) is 0 Å². The predicted molar refractivity (Wildman–Crippen MR) is 107 cm³/mol. The van der Waals surface area contributed by atoms with Gasteiger partial charge in [0.25, 0.3) is 5.22 Å². The van der Waals surface area contributed by atoms with Crippen molar-refractivity contribution in [2.75, 3.05) is 0 Å². The van der Waals surface area contributed by atoms with Crippen LogP contribution in [0.15, 0.2) is 63.6 Å². The van der Waals surface area contributed by atoms with Crippen molar-refractivity contribution < 1.29 is 4.42 Å². The van der Waals surface area contributed by atoms with Gasteiger partial charge in [-0.15, -0.1) is 21.5 Å². The maximum atomic E-state index is 5.81. The van der Waals surface area contributed by atoms with Crippen molar-refractivity contribution in [2.24, 2.45) is 0 Å². The van der Waals surface area contributed by atoms with Crippen LogP contribution >= 0.6 is 23.1 Å². The zero-order chi connectivity index (χ0) is 17.9. The van der Waals surface area contributed by atoms with Gasteiger partial charge in [0.15, 0.2) is 0 Å². The number of rotatable bonds is 6. The van der Waals surface area contributed by atoms with E-state index in [0.29, 0.717) is 17.5 Å². The summed E-state index contributed by atoms with van der Waals surface area (Å²) >= 11 is 3.31. The van der Waals surface area contributed by atoms with Crippen molar-refractivity contribution in [1.29, 1.82) is 0 Å². The SMILES string of the molecule is C[C@H](Sc1nnc(Cc2cccs2)o1)[C@@H](C)c1ccc2ccccc2n1. The van der Waals surface area contributed by atoms with Crippen molar-refractivity contribution in [2.45, 2.75) is 36.7 Å². The monoisotopic (exact) mass is 381 g/mol. The minimum Gasteiger partial charge on any atom is -0.416 e. The van der Waals surface area contributed by atoms with Crippen LogP contribution in [0.2, 0.25) is 0 Å². The highest BCUT2D eigenvalue weighted by atomic mass is 32.2. The molecule has 1 aromatic carbocycles. The third-order valence-electron chi connectivity index (χ3n) is 4.43. The number of para-hydroxylation sites is 1. The number of fused-ring (bicyclic) bond motifs is 1. The first-order valence-corrected chi connectivity index (χ1v) is 10.3. The lowest BCUT2D eigenvalue weighted by atomic mass is 10.0. The summed E-state index contributed by atoms with van der Waals surface area (Å²) in [7, 11) is 0. The van der Waals surface area contributed by atoms with Gasteiger partial charge in [-0.2, -0.15) is 0 Å². The van der Waals surface area contributed by atoms with Crippen LogP contribution in [-0.2, 0) is 6.42 Å². The molecule has 0 saturated carbocycles. The standard InChI is InChI=1S/C20H19N3OS2/c1-13(17-10-9-15-6-3-4-8-18(15)21-17)14(2)26-20-23-22-19(24-20)12-16-7-5-11-25-16/h3-11,13-14H,12H2,1-2H3/t13-,14+/m1/s1. The topological polar surface area (TPSA) is 51.8 Å². The second-order valence-electron chi connectivity index (χ2n) is 6.26. The van der Waals surface area contributed by atoms with E-state index in [4.69, 9.17) is 9.40 Å². The third kappa shape index (κ3) is 3.81. The number of hydrogen-bond acceptors (Lipinski definition) is 6. The molecule has 0 bridgehead atoms. The van der Waals surface area contributed by atoms with Gasteiger partial charge in [-0.1, -0.05) is 55.9 Å². The van der Waals surface area contributed by atoms with E-state index in [1.165, 1.54) is 10.3 Å². The van der Waals surface area contributed by atoms with Crippen molar-refractivity contribution in [3.8, 4) is 0 Å². The van der Waals surface area contributed by atoms with Crippen LogP contribution < -0.4 is 0 Å². The van der Waals surface area contributed by atoms with E-state index in [1.54, 1.807) is 23.1 Å². The van der Waals surface area contributed by atoms with Crippen molar-refractivity contribution in [3.63, 3.8) is 0 Å². The number of pyridine rings is 1. The molecule has 4 aromatic rings. The lowest BCUT2D eigenvalue weighted by Crippen LogP contribution is -2.10. The van der Waals surface area contributed by atoms with E-state index < -0.39 is 0 Å². The molecule has 4 rings (SSSR count). The highest BCUT2D eigenvalue weighted by molar-refractivity contribution is 7.99. The molecule has 4 nitrogen and oxygen atoms in total. The first-order valence-electron chi connectivity index (χ1n) is 8.56. The van der Waals surface area contributed by atoms with Crippen molar-refractivity contribution in [1.82, 2.24) is 15.2 Å². The number of hydrogen-bond donors (Lipinski definition) is 0. The van der Waals surface area contributed by atoms with Crippen molar-refractivity contribution >= 4 is 34.0 Å². The maximum absolute atomic E-state index is 5.81. The summed E-state index contributed by atoms with van der Waals surface area (Å²) in [6, 6.07) is 16.6. The third-order valence-corrected chi connectivity index (χ3v) is 6.45. The Balaban J connectivity index is 1.45. The Bertz CT molecular complexity index is 997. The largest absolute Gasteiger partial charge is 0.416 e. The fourth-order valence-electron chi connectivity index (χ4n) is 2.76. The Hall–Kier alpha value is -2.18. The second kappa shape index (κ2) is 7.60. The van der Waals surface area contributed by atoms with Crippen molar-refractivity contribution in [3.05, 3.63) is 70.4 Å². The number of nitrogens with zero attached hydrogens (tertiary/aromatic N) is 3. The molecular formula is C20H19N3OS2. The van der Waals surface area contributed by atoms with Crippen LogP contribution in [0.5, 0.6) is 0 Å². The summed E-state index contributed by atoms with van der Waals surface area (Å²) in [5.41, 5.74) is 2.12. The summed E-state index contributed by atoms with van der Waals surface area (Å²) < 4.78 is 5.81. The van der Waals surface area contributed by atoms with Crippen LogP contribution in [0, 0.1) is 0 Å². The Morgan fingerprint density at radius 1 is 1.04 bits per heavy atom. The Kier molecular flexibility index (Phi) is 5.04. The van der Waals surface area contributed by atoms with E-state index >= 15 is 0 Å². The zero-order valence-corrected chi connectivity index (χ0v) is 16.3. The molecule has 0 amide bonds. The molecule has 26 heavy (non-hydrogen) atoms. The maximum Gasteiger partial charge on any atom is 0.276 e. The van der Waals surface area contributed by atoms with Gasteiger partial charge in [-0.05, 0) is 23.6 Å². The van der Waals surface area contributed by atoms with Gasteiger partial charge < -0.3 is 4.42 Å². The molecule has 0 spiro atoms. The van der Waals surface area contributed by atoms with Gasteiger partial charge in [0.2, 0.25) is 5.89 Å². The predicted octanol–water partition coefficient (Wildman–Crippen LogP) is 5.55. The van der Waals surface area contributed by atoms with Gasteiger partial charge >= 0.3 is 0 Å². The molecular weight excluding hydrogens is 362 g/mol. The summed E-state index contributed by atoms with van der Waals surface area (Å²) in [6.07, 6.45) is 0.696. The lowest BCUT2D eigenvalue weighted by molar-refractivity contribution is 0.419. The van der Waals surface area contributed by atoms with Gasteiger partial charge in [0, 0.05) is 27.1 Å². The quantitative estimate of drug-likeness (QED) is 0.410. The van der Waals surface area contributed by atoms with Crippen LogP contribution in [-0.4, -0.2) is 20.4 Å². The Labute approximate surface area is 160 Å². The smallest absolute Gasteiger partial charge is 0.276 e. The first kappa shape index (κ1) is 17.2. The molecule has 0 unspecified atom stereocenters. The minimum absolute atomic E-state index is 0.275. The zero-order valence-electron chi connectivity index (χ0n) is 14.6. The first-order chi connectivity index (χ1) is 12.7. The molecule has 0 aliphatic carbocycles. The van der Waals surface area contributed by atoms with Gasteiger partial charge in [-0.3, -0.25) is 4.98 Å². The molecule has 0 radical (unpaired) electrons. The summed E-state index contributed by atoms with van der Waals surface area (Å²) in [5.74, 6) is 0.941. The van der Waals surface area contributed by atoms with E-state index in [0.717, 1.165) is 11.2 Å². The van der Waals surface area contributed by atoms with E-state index in [2.05, 4.69) is 59.8 Å². The second-order valence-corrected chi connectivity index (χ2v) is 8.62. The summed E-state index contributed by atoms with van der Waals surface area (Å²) in [4.78, 5) is 6.04. The Morgan fingerprint density at radius 2 is 1.92 bits per heavy atom. The average Bonchev–Trinajstić information content (AvgIpc) is 3.33. The van der Waals surface area contributed by atoms with Crippen LogP contribution in [0.25, 0.3) is 10.9 Å². The van der Waals surface area contributed by atoms with Gasteiger partial charge in [0.05, 0.1) is 11.9 Å². The Morgan fingerprint density at radius 3 is 2.77 bits per heavy atom. The highest BCUT2D eigenvalue weighted by Crippen LogP contribution is 2.32. The molecule has 0 N–H and O–H groups in total. The molecule has 3 aromatic heterocycles. The number of thiophene rings is 1. The van der Waals surface area contributed by atoms with Crippen LogP contribution in [0.3, 0.4) is 0 Å². The fraction of sp³-hybridized carbons (Fsp3) is 0.250. The molecule has 0 saturated heterocycles. The number of aromatic nitrogens is 3. The summed E-state index contributed by atoms with van der Waals surface area (Å²) in [5, 5.41) is 12.5. The number of benzene rings is 1. The highest BCUT2D eigenvalue weighted by Gasteiger charge is 2.20. The average molecular weight is 382 g/mol.